The topological polar surface area (TPSA) is 115 Å². The zero-order chi connectivity index (χ0) is 21.8. The minimum atomic E-state index is -0.686. The Labute approximate surface area is 178 Å². The molecular weight excluding hydrogens is 398 g/mol. The number of aromatic nitrogens is 3. The van der Waals surface area contributed by atoms with Gasteiger partial charge in [0.2, 0.25) is 0 Å². The number of para-hydroxylation sites is 1. The molecule has 0 spiro atoms. The summed E-state index contributed by atoms with van der Waals surface area (Å²) < 4.78 is 6.65. The molecule has 2 heterocycles. The second-order valence-electron chi connectivity index (χ2n) is 7.47. The summed E-state index contributed by atoms with van der Waals surface area (Å²) in [4.78, 5) is 41.7. The number of aryl methyl sites for hydroxylation is 1. The van der Waals surface area contributed by atoms with Crippen molar-refractivity contribution in [3.05, 3.63) is 59.5 Å². The smallest absolute Gasteiger partial charge is 0.344 e. The van der Waals surface area contributed by atoms with E-state index in [0.717, 1.165) is 25.7 Å². The van der Waals surface area contributed by atoms with Crippen molar-refractivity contribution in [2.24, 2.45) is 0 Å². The quantitative estimate of drug-likeness (QED) is 0.591. The van der Waals surface area contributed by atoms with E-state index in [-0.39, 0.29) is 17.5 Å². The van der Waals surface area contributed by atoms with E-state index in [1.807, 2.05) is 0 Å². The van der Waals surface area contributed by atoms with Crippen molar-refractivity contribution in [1.82, 2.24) is 19.9 Å². The number of ether oxygens (including phenoxy) is 1. The first kappa shape index (κ1) is 20.5. The number of carbonyl (C=O) groups is 3. The van der Waals surface area contributed by atoms with Crippen molar-refractivity contribution in [3.63, 3.8) is 0 Å². The van der Waals surface area contributed by atoms with Gasteiger partial charge in [-0.3, -0.25) is 9.59 Å². The molecule has 1 saturated carbocycles. The Morgan fingerprint density at radius 3 is 2.74 bits per heavy atom. The van der Waals surface area contributed by atoms with E-state index in [0.29, 0.717) is 22.6 Å². The van der Waals surface area contributed by atoms with Crippen LogP contribution in [-0.4, -0.2) is 45.0 Å². The summed E-state index contributed by atoms with van der Waals surface area (Å²) in [6.07, 6.45) is 7.37. The lowest BCUT2D eigenvalue weighted by molar-refractivity contribution is -0.119. The second-order valence-corrected chi connectivity index (χ2v) is 7.47. The first-order valence-corrected chi connectivity index (χ1v) is 10.2. The average Bonchev–Trinajstić information content (AvgIpc) is 3.39. The van der Waals surface area contributed by atoms with Gasteiger partial charge in [-0.1, -0.05) is 25.0 Å². The van der Waals surface area contributed by atoms with Crippen molar-refractivity contribution >= 4 is 29.1 Å². The van der Waals surface area contributed by atoms with E-state index in [9.17, 15) is 14.4 Å². The molecule has 9 heteroatoms. The van der Waals surface area contributed by atoms with Gasteiger partial charge in [0.1, 0.15) is 5.56 Å². The fourth-order valence-corrected chi connectivity index (χ4v) is 3.75. The molecule has 3 aromatic rings. The van der Waals surface area contributed by atoms with E-state index < -0.39 is 18.5 Å². The van der Waals surface area contributed by atoms with Crippen molar-refractivity contribution in [1.29, 1.82) is 0 Å². The SMILES string of the molecule is Cc1nn2cccnc2c1C(=O)OCC(=O)Nc1ccccc1C(=O)NC1CCCC1. The molecule has 1 aromatic carbocycles. The molecule has 1 aliphatic rings. The summed E-state index contributed by atoms with van der Waals surface area (Å²) in [6, 6.07) is 8.62. The summed E-state index contributed by atoms with van der Waals surface area (Å²) in [6.45, 7) is 1.17. The highest BCUT2D eigenvalue weighted by molar-refractivity contribution is 6.05. The molecule has 2 amide bonds. The Morgan fingerprint density at radius 2 is 1.94 bits per heavy atom. The lowest BCUT2D eigenvalue weighted by Gasteiger charge is -2.15. The van der Waals surface area contributed by atoms with Gasteiger partial charge >= 0.3 is 5.97 Å². The predicted octanol–water partition coefficient (Wildman–Crippen LogP) is 2.51. The summed E-state index contributed by atoms with van der Waals surface area (Å²) >= 11 is 0. The third-order valence-electron chi connectivity index (χ3n) is 5.24. The number of hydrogen-bond acceptors (Lipinski definition) is 6. The van der Waals surface area contributed by atoms with Gasteiger partial charge < -0.3 is 15.4 Å². The summed E-state index contributed by atoms with van der Waals surface area (Å²) in [5.41, 5.74) is 1.77. The molecule has 2 aromatic heterocycles. The van der Waals surface area contributed by atoms with Crippen molar-refractivity contribution in [2.45, 2.75) is 38.6 Å². The highest BCUT2D eigenvalue weighted by Crippen LogP contribution is 2.20. The van der Waals surface area contributed by atoms with Crippen LogP contribution in [0.1, 0.15) is 52.1 Å². The highest BCUT2D eigenvalue weighted by Gasteiger charge is 2.22. The van der Waals surface area contributed by atoms with Gasteiger partial charge in [-0.05, 0) is 38.0 Å². The van der Waals surface area contributed by atoms with Crippen LogP contribution < -0.4 is 10.6 Å². The van der Waals surface area contributed by atoms with Crippen LogP contribution in [0.15, 0.2) is 42.7 Å². The third-order valence-corrected chi connectivity index (χ3v) is 5.24. The minimum Gasteiger partial charge on any atom is -0.452 e. The number of hydrogen-bond donors (Lipinski definition) is 2. The van der Waals surface area contributed by atoms with Gasteiger partial charge in [0.15, 0.2) is 12.3 Å². The molecule has 9 nitrogen and oxygen atoms in total. The number of nitrogens with one attached hydrogen (secondary N) is 2. The summed E-state index contributed by atoms with van der Waals surface area (Å²) in [5, 5.41) is 9.87. The zero-order valence-corrected chi connectivity index (χ0v) is 17.1. The maximum absolute atomic E-state index is 12.6. The molecule has 1 fully saturated rings. The Morgan fingerprint density at radius 1 is 1.16 bits per heavy atom. The second kappa shape index (κ2) is 8.95. The van der Waals surface area contributed by atoms with Crippen LogP contribution in [0.3, 0.4) is 0 Å². The molecule has 31 heavy (non-hydrogen) atoms. The van der Waals surface area contributed by atoms with Gasteiger partial charge in [-0.25, -0.2) is 14.3 Å². The number of anilines is 1. The average molecular weight is 421 g/mol. The summed E-state index contributed by atoms with van der Waals surface area (Å²) in [7, 11) is 0. The van der Waals surface area contributed by atoms with Gasteiger partial charge in [-0.2, -0.15) is 5.10 Å². The normalized spacial score (nSPS) is 13.8. The van der Waals surface area contributed by atoms with Crippen LogP contribution in [0.5, 0.6) is 0 Å². The molecule has 160 valence electrons. The first-order chi connectivity index (χ1) is 15.0. The van der Waals surface area contributed by atoms with Crippen LogP contribution in [0.4, 0.5) is 5.69 Å². The number of nitrogens with zero attached hydrogens (tertiary/aromatic N) is 3. The molecule has 0 saturated heterocycles. The third kappa shape index (κ3) is 4.55. The maximum atomic E-state index is 12.6. The lowest BCUT2D eigenvalue weighted by atomic mass is 10.1. The molecule has 0 atom stereocenters. The molecule has 0 unspecified atom stereocenters. The number of benzene rings is 1. The van der Waals surface area contributed by atoms with Gasteiger partial charge in [-0.15, -0.1) is 0 Å². The monoisotopic (exact) mass is 421 g/mol. The minimum absolute atomic E-state index is 0.167. The fourth-order valence-electron chi connectivity index (χ4n) is 3.75. The molecule has 2 N–H and O–H groups in total. The molecule has 1 aliphatic carbocycles. The Hall–Kier alpha value is -3.75. The van der Waals surface area contributed by atoms with E-state index in [4.69, 9.17) is 4.74 Å². The maximum Gasteiger partial charge on any atom is 0.344 e. The highest BCUT2D eigenvalue weighted by atomic mass is 16.5. The van der Waals surface area contributed by atoms with Crippen LogP contribution in [-0.2, 0) is 9.53 Å². The zero-order valence-electron chi connectivity index (χ0n) is 17.1. The van der Waals surface area contributed by atoms with Crippen LogP contribution in [0.25, 0.3) is 5.65 Å². The Bertz CT molecular complexity index is 1130. The van der Waals surface area contributed by atoms with Gasteiger partial charge in [0.05, 0.1) is 16.9 Å². The van der Waals surface area contributed by atoms with Crippen LogP contribution in [0, 0.1) is 6.92 Å². The molecule has 0 bridgehead atoms. The largest absolute Gasteiger partial charge is 0.452 e. The molecule has 0 radical (unpaired) electrons. The fraction of sp³-hybridized carbons (Fsp3) is 0.318. The van der Waals surface area contributed by atoms with E-state index >= 15 is 0 Å². The molecule has 0 aliphatic heterocycles. The molecule has 4 rings (SSSR count). The first-order valence-electron chi connectivity index (χ1n) is 10.2. The number of esters is 1. The van der Waals surface area contributed by atoms with E-state index in [1.165, 1.54) is 4.52 Å². The number of carbonyl (C=O) groups excluding carboxylic acids is 3. The van der Waals surface area contributed by atoms with Crippen LogP contribution in [0.2, 0.25) is 0 Å². The Balaban J connectivity index is 1.39. The van der Waals surface area contributed by atoms with Crippen molar-refractivity contribution < 1.29 is 19.1 Å². The lowest BCUT2D eigenvalue weighted by Crippen LogP contribution is -2.33. The molecular formula is C22H23N5O4. The van der Waals surface area contributed by atoms with Gasteiger partial charge in [0.25, 0.3) is 11.8 Å². The van der Waals surface area contributed by atoms with Crippen molar-refractivity contribution in [2.75, 3.05) is 11.9 Å². The standard InChI is InChI=1S/C22H23N5O4/c1-14-19(20-23-11-6-12-27(20)26-14)22(30)31-13-18(28)25-17-10-5-4-9-16(17)21(29)24-15-7-2-3-8-15/h4-6,9-12,15H,2-3,7-8,13H2,1H3,(H,24,29)(H,25,28). The Kier molecular flexibility index (Phi) is 5.92. The van der Waals surface area contributed by atoms with Crippen molar-refractivity contribution in [3.8, 4) is 0 Å². The number of fused-ring (bicyclic) bond motifs is 1. The number of rotatable bonds is 6. The van der Waals surface area contributed by atoms with E-state index in [2.05, 4.69) is 20.7 Å². The van der Waals surface area contributed by atoms with Crippen LogP contribution >= 0.6 is 0 Å². The predicted molar refractivity (Wildman–Crippen MR) is 113 cm³/mol. The van der Waals surface area contributed by atoms with E-state index in [1.54, 1.807) is 49.6 Å². The number of amides is 2. The summed E-state index contributed by atoms with van der Waals surface area (Å²) in [5.74, 6) is -1.46. The van der Waals surface area contributed by atoms with Gasteiger partial charge in [0, 0.05) is 18.4 Å².